The second-order valence-corrected chi connectivity index (χ2v) is 2.41. The van der Waals surface area contributed by atoms with E-state index in [-0.39, 0.29) is 6.04 Å². The third-order valence-corrected chi connectivity index (χ3v) is 1.51. The summed E-state index contributed by atoms with van der Waals surface area (Å²) in [5, 5.41) is 0. The summed E-state index contributed by atoms with van der Waals surface area (Å²) in [4.78, 5) is 0. The minimum absolute atomic E-state index is 0.287. The van der Waals surface area contributed by atoms with Crippen molar-refractivity contribution in [2.24, 2.45) is 5.73 Å². The Labute approximate surface area is 56.2 Å². The molecule has 9 heavy (non-hydrogen) atoms. The number of hydrogen-bond donors (Lipinski definition) is 1. The van der Waals surface area contributed by atoms with Gasteiger partial charge >= 0.3 is 0 Å². The maximum absolute atomic E-state index is 5.68. The maximum atomic E-state index is 5.68. The number of nitrogens with two attached hydrogens (primary N) is 1. The lowest BCUT2D eigenvalue weighted by Gasteiger charge is -2.05. The summed E-state index contributed by atoms with van der Waals surface area (Å²) >= 11 is 0. The van der Waals surface area contributed by atoms with E-state index in [0.717, 1.165) is 6.42 Å². The fourth-order valence-corrected chi connectivity index (χ4v) is 0.949. The van der Waals surface area contributed by atoms with Crippen LogP contribution in [0.1, 0.15) is 19.3 Å². The van der Waals surface area contributed by atoms with Gasteiger partial charge in [0.2, 0.25) is 0 Å². The van der Waals surface area contributed by atoms with Crippen LogP contribution in [-0.4, -0.2) is 6.04 Å². The Morgan fingerprint density at radius 1 is 1.33 bits per heavy atom. The Morgan fingerprint density at radius 3 is 3.11 bits per heavy atom. The smallest absolute Gasteiger partial charge is 0.0226 e. The van der Waals surface area contributed by atoms with Gasteiger partial charge in [-0.25, -0.2) is 0 Å². The van der Waals surface area contributed by atoms with E-state index in [4.69, 9.17) is 5.73 Å². The summed E-state index contributed by atoms with van der Waals surface area (Å²) in [7, 11) is 0. The Morgan fingerprint density at radius 2 is 2.22 bits per heavy atom. The second kappa shape index (κ2) is 3.46. The van der Waals surface area contributed by atoms with Crippen LogP contribution in [0.3, 0.4) is 0 Å². The molecule has 1 rings (SSSR count). The fraction of sp³-hybridized carbons (Fsp3) is 0.500. The van der Waals surface area contributed by atoms with Gasteiger partial charge in [-0.3, -0.25) is 0 Å². The van der Waals surface area contributed by atoms with E-state index in [1.54, 1.807) is 0 Å². The molecule has 0 fully saturated rings. The number of rotatable bonds is 0. The van der Waals surface area contributed by atoms with E-state index in [1.165, 1.54) is 12.8 Å². The van der Waals surface area contributed by atoms with Crippen LogP contribution in [-0.2, 0) is 0 Å². The Balaban J connectivity index is 2.44. The maximum Gasteiger partial charge on any atom is 0.0226 e. The van der Waals surface area contributed by atoms with Crippen LogP contribution in [0, 0.1) is 0 Å². The van der Waals surface area contributed by atoms with Crippen LogP contribution >= 0.6 is 0 Å². The standard InChI is InChI=1S/C8H13N/c9-8-6-4-2-1-3-5-7-8/h1-2,4,6,8H,3,5,7,9H2/b2-1-,6-4-. The van der Waals surface area contributed by atoms with Crippen molar-refractivity contribution < 1.29 is 0 Å². The molecular weight excluding hydrogens is 110 g/mol. The van der Waals surface area contributed by atoms with Crippen LogP contribution in [0.15, 0.2) is 24.3 Å². The lowest BCUT2D eigenvalue weighted by molar-refractivity contribution is 0.671. The molecule has 0 aromatic heterocycles. The summed E-state index contributed by atoms with van der Waals surface area (Å²) in [6.45, 7) is 0. The third kappa shape index (κ3) is 2.47. The monoisotopic (exact) mass is 123 g/mol. The Kier molecular flexibility index (Phi) is 2.52. The highest BCUT2D eigenvalue weighted by Crippen LogP contribution is 2.04. The predicted octanol–water partition coefficient (Wildman–Crippen LogP) is 1.61. The van der Waals surface area contributed by atoms with Crippen molar-refractivity contribution in [2.75, 3.05) is 0 Å². The topological polar surface area (TPSA) is 26.0 Å². The van der Waals surface area contributed by atoms with Crippen molar-refractivity contribution in [1.82, 2.24) is 0 Å². The summed E-state index contributed by atoms with van der Waals surface area (Å²) in [5.41, 5.74) is 5.68. The van der Waals surface area contributed by atoms with E-state index >= 15 is 0 Å². The van der Waals surface area contributed by atoms with E-state index in [0.29, 0.717) is 0 Å². The van der Waals surface area contributed by atoms with Gasteiger partial charge in [-0.1, -0.05) is 24.3 Å². The summed E-state index contributed by atoms with van der Waals surface area (Å²) < 4.78 is 0. The molecule has 0 aliphatic heterocycles. The van der Waals surface area contributed by atoms with E-state index < -0.39 is 0 Å². The first-order chi connectivity index (χ1) is 4.39. The molecule has 1 aliphatic rings. The van der Waals surface area contributed by atoms with Crippen molar-refractivity contribution in [3.63, 3.8) is 0 Å². The average Bonchev–Trinajstić information content (AvgIpc) is 1.79. The molecule has 2 N–H and O–H groups in total. The van der Waals surface area contributed by atoms with Crippen LogP contribution < -0.4 is 5.73 Å². The first-order valence-electron chi connectivity index (χ1n) is 3.48. The van der Waals surface area contributed by atoms with E-state index in [2.05, 4.69) is 18.2 Å². The van der Waals surface area contributed by atoms with E-state index in [1.807, 2.05) is 6.08 Å². The molecule has 0 heterocycles. The number of allylic oxidation sites excluding steroid dienone is 3. The quantitative estimate of drug-likeness (QED) is 0.520. The van der Waals surface area contributed by atoms with Gasteiger partial charge in [0.05, 0.1) is 0 Å². The van der Waals surface area contributed by atoms with Crippen LogP contribution in [0.25, 0.3) is 0 Å². The van der Waals surface area contributed by atoms with Crippen LogP contribution in [0.2, 0.25) is 0 Å². The second-order valence-electron chi connectivity index (χ2n) is 2.41. The Bertz CT molecular complexity index is 125. The van der Waals surface area contributed by atoms with Gasteiger partial charge in [0.15, 0.2) is 0 Å². The van der Waals surface area contributed by atoms with Gasteiger partial charge in [0.25, 0.3) is 0 Å². The van der Waals surface area contributed by atoms with Gasteiger partial charge in [0.1, 0.15) is 0 Å². The largest absolute Gasteiger partial charge is 0.324 e. The lowest BCUT2D eigenvalue weighted by atomic mass is 10.1. The third-order valence-electron chi connectivity index (χ3n) is 1.51. The average molecular weight is 123 g/mol. The highest BCUT2D eigenvalue weighted by Gasteiger charge is 1.95. The summed E-state index contributed by atoms with van der Waals surface area (Å²) in [6, 6.07) is 0.287. The molecule has 1 aliphatic carbocycles. The minimum atomic E-state index is 0.287. The van der Waals surface area contributed by atoms with Crippen LogP contribution in [0.5, 0.6) is 0 Å². The molecule has 0 saturated heterocycles. The van der Waals surface area contributed by atoms with E-state index in [9.17, 15) is 0 Å². The van der Waals surface area contributed by atoms with Gasteiger partial charge in [-0.15, -0.1) is 0 Å². The Hall–Kier alpha value is -0.560. The summed E-state index contributed by atoms with van der Waals surface area (Å²) in [5.74, 6) is 0. The fourth-order valence-electron chi connectivity index (χ4n) is 0.949. The number of hydrogen-bond acceptors (Lipinski definition) is 1. The van der Waals surface area contributed by atoms with Crippen molar-refractivity contribution in [3.05, 3.63) is 24.3 Å². The molecule has 0 bridgehead atoms. The molecule has 0 aromatic carbocycles. The first-order valence-corrected chi connectivity index (χ1v) is 3.48. The first kappa shape index (κ1) is 6.56. The van der Waals surface area contributed by atoms with Crippen molar-refractivity contribution in [2.45, 2.75) is 25.3 Å². The molecule has 0 amide bonds. The molecule has 1 atom stereocenters. The molecule has 0 saturated carbocycles. The zero-order chi connectivity index (χ0) is 6.53. The van der Waals surface area contributed by atoms with Gasteiger partial charge in [-0.05, 0) is 19.3 Å². The van der Waals surface area contributed by atoms with Crippen molar-refractivity contribution in [1.29, 1.82) is 0 Å². The molecule has 1 unspecified atom stereocenters. The highest BCUT2D eigenvalue weighted by molar-refractivity contribution is 5.07. The zero-order valence-electron chi connectivity index (χ0n) is 5.59. The SMILES string of the molecule is NC1/C=C\C=C/CCC1. The van der Waals surface area contributed by atoms with Gasteiger partial charge in [-0.2, -0.15) is 0 Å². The minimum Gasteiger partial charge on any atom is -0.324 e. The molecule has 1 heteroatoms. The zero-order valence-corrected chi connectivity index (χ0v) is 5.59. The molecule has 0 spiro atoms. The lowest BCUT2D eigenvalue weighted by Crippen LogP contribution is -2.16. The van der Waals surface area contributed by atoms with Gasteiger partial charge < -0.3 is 5.73 Å². The van der Waals surface area contributed by atoms with Crippen molar-refractivity contribution in [3.8, 4) is 0 Å². The molecular formula is C8H13N. The van der Waals surface area contributed by atoms with Crippen molar-refractivity contribution >= 4 is 0 Å². The molecule has 50 valence electrons. The summed E-state index contributed by atoms with van der Waals surface area (Å²) in [6.07, 6.45) is 11.9. The molecule has 0 aromatic rings. The van der Waals surface area contributed by atoms with Gasteiger partial charge in [0, 0.05) is 6.04 Å². The molecule has 0 radical (unpaired) electrons. The molecule has 1 nitrogen and oxygen atoms in total. The predicted molar refractivity (Wildman–Crippen MR) is 40.1 cm³/mol. The normalized spacial score (nSPS) is 34.6. The highest BCUT2D eigenvalue weighted by atomic mass is 14.6. The van der Waals surface area contributed by atoms with Crippen LogP contribution in [0.4, 0.5) is 0 Å².